The maximum atomic E-state index is 10.8. The Morgan fingerprint density at radius 2 is 1.75 bits per heavy atom. The SMILES string of the molecule is CC1(C)C(O)O[C@](C)(C(=N)C(=O)O)[C@@]1(C)O. The summed E-state index contributed by atoms with van der Waals surface area (Å²) in [5.41, 5.74) is -5.23. The highest BCUT2D eigenvalue weighted by Crippen LogP contribution is 2.51. The Balaban J connectivity index is 3.28. The average Bonchev–Trinajstić information content (AvgIpc) is 2.25. The van der Waals surface area contributed by atoms with Gasteiger partial charge in [-0.25, -0.2) is 4.79 Å². The summed E-state index contributed by atoms with van der Waals surface area (Å²) in [6.07, 6.45) is -1.33. The van der Waals surface area contributed by atoms with Gasteiger partial charge in [0.1, 0.15) is 11.2 Å². The van der Waals surface area contributed by atoms with Crippen LogP contribution in [0.15, 0.2) is 0 Å². The van der Waals surface area contributed by atoms with E-state index in [9.17, 15) is 15.0 Å². The molecule has 1 fully saturated rings. The molecule has 16 heavy (non-hydrogen) atoms. The molecule has 1 aliphatic rings. The zero-order chi connectivity index (χ0) is 12.9. The maximum Gasteiger partial charge on any atom is 0.352 e. The number of aliphatic hydroxyl groups is 2. The Kier molecular flexibility index (Phi) is 2.66. The number of nitrogens with one attached hydrogen (secondary N) is 1. The third-order valence-electron chi connectivity index (χ3n) is 3.84. The number of ether oxygens (including phenoxy) is 1. The summed E-state index contributed by atoms with van der Waals surface area (Å²) < 4.78 is 5.10. The molecule has 0 aromatic carbocycles. The van der Waals surface area contributed by atoms with Crippen molar-refractivity contribution in [2.75, 3.05) is 0 Å². The van der Waals surface area contributed by atoms with Crippen molar-refractivity contribution in [3.63, 3.8) is 0 Å². The molecule has 6 heteroatoms. The summed E-state index contributed by atoms with van der Waals surface area (Å²) >= 11 is 0. The maximum absolute atomic E-state index is 10.8. The molecule has 0 saturated carbocycles. The van der Waals surface area contributed by atoms with E-state index in [0.717, 1.165) is 0 Å². The molecule has 0 amide bonds. The lowest BCUT2D eigenvalue weighted by Gasteiger charge is -2.40. The number of carboxylic acid groups (broad SMARTS) is 1. The first-order chi connectivity index (χ1) is 6.98. The highest BCUT2D eigenvalue weighted by atomic mass is 16.6. The van der Waals surface area contributed by atoms with E-state index < -0.39 is 34.6 Å². The molecular weight excluding hydrogens is 214 g/mol. The third kappa shape index (κ3) is 1.30. The zero-order valence-corrected chi connectivity index (χ0v) is 9.74. The van der Waals surface area contributed by atoms with Gasteiger partial charge >= 0.3 is 5.97 Å². The molecule has 1 rings (SSSR count). The number of carbonyl (C=O) groups is 1. The van der Waals surface area contributed by atoms with Crippen molar-refractivity contribution in [1.82, 2.24) is 0 Å². The Morgan fingerprint density at radius 3 is 2.00 bits per heavy atom. The minimum absolute atomic E-state index is 0.776. The van der Waals surface area contributed by atoms with Gasteiger partial charge in [0.15, 0.2) is 12.0 Å². The first-order valence-corrected chi connectivity index (χ1v) is 4.89. The van der Waals surface area contributed by atoms with Crippen LogP contribution in [0.5, 0.6) is 0 Å². The molecule has 0 bridgehead atoms. The number of aliphatic carboxylic acids is 1. The predicted molar refractivity (Wildman–Crippen MR) is 55.3 cm³/mol. The minimum atomic E-state index is -1.73. The number of carboxylic acids is 1. The van der Waals surface area contributed by atoms with Crippen LogP contribution in [0, 0.1) is 10.8 Å². The summed E-state index contributed by atoms with van der Waals surface area (Å²) in [6.45, 7) is 5.76. The Hall–Kier alpha value is -0.980. The summed E-state index contributed by atoms with van der Waals surface area (Å²) in [6, 6.07) is 0. The van der Waals surface area contributed by atoms with Gasteiger partial charge in [0.25, 0.3) is 0 Å². The Morgan fingerprint density at radius 1 is 1.31 bits per heavy atom. The quantitative estimate of drug-likeness (QED) is 0.499. The van der Waals surface area contributed by atoms with Gasteiger partial charge < -0.3 is 20.1 Å². The van der Waals surface area contributed by atoms with Crippen LogP contribution in [-0.2, 0) is 9.53 Å². The smallest absolute Gasteiger partial charge is 0.352 e. The van der Waals surface area contributed by atoms with E-state index in [1.807, 2.05) is 0 Å². The minimum Gasteiger partial charge on any atom is -0.477 e. The van der Waals surface area contributed by atoms with Gasteiger partial charge in [-0.15, -0.1) is 0 Å². The van der Waals surface area contributed by atoms with Gasteiger partial charge in [-0.1, -0.05) is 13.8 Å². The van der Waals surface area contributed by atoms with Gasteiger partial charge in [-0.2, -0.15) is 0 Å². The predicted octanol–water partition coefficient (Wildman–Crippen LogP) is -0.0247. The van der Waals surface area contributed by atoms with Crippen LogP contribution < -0.4 is 0 Å². The Bertz CT molecular complexity index is 349. The molecule has 0 aromatic rings. The highest BCUT2D eigenvalue weighted by molar-refractivity contribution is 6.37. The van der Waals surface area contributed by atoms with Crippen molar-refractivity contribution in [2.45, 2.75) is 45.2 Å². The monoisotopic (exact) mass is 231 g/mol. The van der Waals surface area contributed by atoms with Crippen molar-refractivity contribution in [2.24, 2.45) is 5.41 Å². The fraction of sp³-hybridized carbons (Fsp3) is 0.800. The zero-order valence-electron chi connectivity index (χ0n) is 9.74. The Labute approximate surface area is 93.4 Å². The summed E-state index contributed by atoms with van der Waals surface area (Å²) in [5.74, 6) is -1.48. The van der Waals surface area contributed by atoms with Crippen LogP contribution in [-0.4, -0.2) is 44.5 Å². The standard InChI is InChI=1S/C10H17NO5/c1-8(2)7(14)16-9(3,10(8,4)15)5(11)6(12)13/h7,11,14-15H,1-4H3,(H,12,13)/t7?,9-,10+/m1/s1. The van der Waals surface area contributed by atoms with Crippen molar-refractivity contribution >= 4 is 11.7 Å². The summed E-state index contributed by atoms with van der Waals surface area (Å²) in [4.78, 5) is 10.8. The van der Waals surface area contributed by atoms with E-state index in [0.29, 0.717) is 0 Å². The number of hydrogen-bond donors (Lipinski definition) is 4. The normalized spacial score (nSPS) is 42.0. The van der Waals surface area contributed by atoms with Crippen molar-refractivity contribution in [1.29, 1.82) is 5.41 Å². The molecule has 4 N–H and O–H groups in total. The lowest BCUT2D eigenvalue weighted by atomic mass is 9.68. The molecule has 1 heterocycles. The van der Waals surface area contributed by atoms with Gasteiger partial charge in [0, 0.05) is 5.41 Å². The molecule has 92 valence electrons. The molecule has 1 aliphatic heterocycles. The largest absolute Gasteiger partial charge is 0.477 e. The summed E-state index contributed by atoms with van der Waals surface area (Å²) in [7, 11) is 0. The van der Waals surface area contributed by atoms with Crippen LogP contribution in [0.25, 0.3) is 0 Å². The molecule has 6 nitrogen and oxygen atoms in total. The second kappa shape index (κ2) is 3.26. The van der Waals surface area contributed by atoms with Crippen LogP contribution in [0.4, 0.5) is 0 Å². The van der Waals surface area contributed by atoms with Gasteiger partial charge in [-0.3, -0.25) is 5.41 Å². The van der Waals surface area contributed by atoms with E-state index in [1.165, 1.54) is 13.8 Å². The molecule has 1 saturated heterocycles. The lowest BCUT2D eigenvalue weighted by molar-refractivity contribution is -0.144. The fourth-order valence-electron chi connectivity index (χ4n) is 1.85. The van der Waals surface area contributed by atoms with E-state index in [2.05, 4.69) is 0 Å². The molecule has 3 atom stereocenters. The topological polar surface area (TPSA) is 111 Å². The molecule has 0 spiro atoms. The first-order valence-electron chi connectivity index (χ1n) is 4.89. The fourth-order valence-corrected chi connectivity index (χ4v) is 1.85. The van der Waals surface area contributed by atoms with Crippen molar-refractivity contribution in [3.8, 4) is 0 Å². The van der Waals surface area contributed by atoms with Gasteiger partial charge in [-0.05, 0) is 13.8 Å². The van der Waals surface area contributed by atoms with Crippen LogP contribution in [0.3, 0.4) is 0 Å². The van der Waals surface area contributed by atoms with E-state index in [1.54, 1.807) is 13.8 Å². The molecule has 0 aliphatic carbocycles. The average molecular weight is 231 g/mol. The highest BCUT2D eigenvalue weighted by Gasteiger charge is 2.67. The summed E-state index contributed by atoms with van der Waals surface area (Å²) in [5, 5.41) is 36.3. The second-order valence-electron chi connectivity index (χ2n) is 4.98. The molecule has 0 radical (unpaired) electrons. The van der Waals surface area contributed by atoms with Crippen molar-refractivity contribution in [3.05, 3.63) is 0 Å². The number of aliphatic hydroxyl groups excluding tert-OH is 1. The first kappa shape index (κ1) is 13.1. The number of rotatable bonds is 2. The second-order valence-corrected chi connectivity index (χ2v) is 4.98. The van der Waals surface area contributed by atoms with Gasteiger partial charge in [0.2, 0.25) is 0 Å². The molecule has 0 aromatic heterocycles. The van der Waals surface area contributed by atoms with Crippen LogP contribution >= 0.6 is 0 Å². The van der Waals surface area contributed by atoms with E-state index >= 15 is 0 Å². The third-order valence-corrected chi connectivity index (χ3v) is 3.84. The number of hydrogen-bond acceptors (Lipinski definition) is 5. The molecule has 1 unspecified atom stereocenters. The van der Waals surface area contributed by atoms with Crippen LogP contribution in [0.1, 0.15) is 27.7 Å². The van der Waals surface area contributed by atoms with Crippen LogP contribution in [0.2, 0.25) is 0 Å². The van der Waals surface area contributed by atoms with E-state index in [-0.39, 0.29) is 0 Å². The lowest BCUT2D eigenvalue weighted by Crippen LogP contribution is -2.59. The van der Waals surface area contributed by atoms with E-state index in [4.69, 9.17) is 15.3 Å². The molecular formula is C10H17NO5. The van der Waals surface area contributed by atoms with Crippen molar-refractivity contribution < 1.29 is 24.9 Å². The van der Waals surface area contributed by atoms with Gasteiger partial charge in [0.05, 0.1) is 0 Å².